The second-order valence-corrected chi connectivity index (χ2v) is 15.7. The van der Waals surface area contributed by atoms with Gasteiger partial charge in [0.15, 0.2) is 8.32 Å². The normalized spacial score (nSPS) is 17.8. The topological polar surface area (TPSA) is 68.3 Å². The van der Waals surface area contributed by atoms with Gasteiger partial charge in [-0.1, -0.05) is 51.1 Å². The highest BCUT2D eigenvalue weighted by atomic mass is 28.4. The van der Waals surface area contributed by atoms with E-state index >= 15 is 0 Å². The Bertz CT molecular complexity index is 771. The monoisotopic (exact) mass is 464 g/mol. The molecule has 0 spiro atoms. The summed E-state index contributed by atoms with van der Waals surface area (Å²) in [5.41, 5.74) is 0.207. The number of hydrazine groups is 1. The van der Waals surface area contributed by atoms with Crippen molar-refractivity contribution in [2.45, 2.75) is 90.8 Å². The molecule has 0 radical (unpaired) electrons. The second kappa shape index (κ2) is 10.3. The van der Waals surface area contributed by atoms with Crippen molar-refractivity contribution >= 4 is 20.5 Å². The number of amides is 2. The van der Waals surface area contributed by atoms with Crippen LogP contribution in [0.5, 0.6) is 0 Å². The van der Waals surface area contributed by atoms with Gasteiger partial charge in [0.2, 0.25) is 0 Å². The Morgan fingerprint density at radius 1 is 1.03 bits per heavy atom. The molecule has 2 rings (SSSR count). The Labute approximate surface area is 194 Å². The van der Waals surface area contributed by atoms with Crippen molar-refractivity contribution in [3.05, 3.63) is 35.9 Å². The summed E-state index contributed by atoms with van der Waals surface area (Å²) in [5.74, 6) is 0. The molecule has 0 saturated carbocycles. The Hall–Kier alpha value is -2.06. The van der Waals surface area contributed by atoms with Gasteiger partial charge in [-0.05, 0) is 57.3 Å². The summed E-state index contributed by atoms with van der Waals surface area (Å²) in [6.07, 6.45) is 0.371. The molecule has 7 nitrogen and oxygen atoms in total. The van der Waals surface area contributed by atoms with Crippen LogP contribution in [0.4, 0.5) is 9.59 Å². The molecule has 1 aliphatic rings. The van der Waals surface area contributed by atoms with Crippen LogP contribution in [0.3, 0.4) is 0 Å². The zero-order chi connectivity index (χ0) is 24.2. The number of carbonyl (C=O) groups is 2. The molecular weight excluding hydrogens is 424 g/mol. The fourth-order valence-electron chi connectivity index (χ4n) is 3.11. The van der Waals surface area contributed by atoms with Gasteiger partial charge in [0, 0.05) is 6.54 Å². The van der Waals surface area contributed by atoms with Crippen LogP contribution in [0.15, 0.2) is 30.3 Å². The number of hydrogen-bond donors (Lipinski definition) is 0. The number of rotatable bonds is 5. The maximum atomic E-state index is 13.1. The van der Waals surface area contributed by atoms with E-state index < -0.39 is 26.1 Å². The van der Waals surface area contributed by atoms with E-state index in [0.29, 0.717) is 13.2 Å². The molecule has 1 atom stereocenters. The highest BCUT2D eigenvalue weighted by Crippen LogP contribution is 2.37. The summed E-state index contributed by atoms with van der Waals surface area (Å²) >= 11 is 0. The molecule has 1 aromatic carbocycles. The van der Waals surface area contributed by atoms with E-state index in [2.05, 4.69) is 33.9 Å². The Morgan fingerprint density at radius 2 is 1.66 bits per heavy atom. The van der Waals surface area contributed by atoms with Gasteiger partial charge in [0.1, 0.15) is 12.2 Å². The molecule has 0 aliphatic carbocycles. The number of ether oxygens (including phenoxy) is 2. The third kappa shape index (κ3) is 7.23. The number of carbonyl (C=O) groups excluding carboxylic acids is 2. The third-order valence-electron chi connectivity index (χ3n) is 5.95. The maximum Gasteiger partial charge on any atom is 0.429 e. The van der Waals surface area contributed by atoms with Gasteiger partial charge in [0.25, 0.3) is 0 Å². The Balaban J connectivity index is 2.19. The van der Waals surface area contributed by atoms with Crippen molar-refractivity contribution in [1.29, 1.82) is 0 Å². The fourth-order valence-corrected chi connectivity index (χ4v) is 4.15. The Morgan fingerprint density at radius 3 is 2.22 bits per heavy atom. The molecule has 8 heteroatoms. The molecule has 1 fully saturated rings. The molecule has 180 valence electrons. The molecule has 0 N–H and O–H groups in total. The van der Waals surface area contributed by atoms with E-state index in [0.717, 1.165) is 18.4 Å². The van der Waals surface area contributed by atoms with Crippen molar-refractivity contribution in [2.75, 3.05) is 13.2 Å². The van der Waals surface area contributed by atoms with Gasteiger partial charge in [0.05, 0.1) is 12.6 Å². The molecule has 0 aromatic heterocycles. The van der Waals surface area contributed by atoms with Crippen molar-refractivity contribution in [3.8, 4) is 0 Å². The molecule has 1 saturated heterocycles. The molecule has 1 heterocycles. The predicted molar refractivity (Wildman–Crippen MR) is 128 cm³/mol. The van der Waals surface area contributed by atoms with Crippen LogP contribution in [-0.2, 0) is 20.5 Å². The first-order chi connectivity index (χ1) is 14.7. The van der Waals surface area contributed by atoms with E-state index in [1.54, 1.807) is 0 Å². The van der Waals surface area contributed by atoms with E-state index in [-0.39, 0.29) is 17.7 Å². The molecule has 0 unspecified atom stereocenters. The summed E-state index contributed by atoms with van der Waals surface area (Å²) < 4.78 is 17.6. The van der Waals surface area contributed by atoms with Crippen LogP contribution in [0.1, 0.15) is 59.9 Å². The van der Waals surface area contributed by atoms with Gasteiger partial charge < -0.3 is 13.9 Å². The highest BCUT2D eigenvalue weighted by Gasteiger charge is 2.42. The minimum atomic E-state index is -2.02. The number of nitrogens with zero attached hydrogens (tertiary/aromatic N) is 2. The molecular formula is C24H40N2O5Si. The highest BCUT2D eigenvalue weighted by molar-refractivity contribution is 6.74. The average molecular weight is 465 g/mol. The second-order valence-electron chi connectivity index (χ2n) is 10.9. The van der Waals surface area contributed by atoms with E-state index in [4.69, 9.17) is 13.9 Å². The molecule has 1 aliphatic heterocycles. The standard InChI is InChI=1S/C24H40N2O5Si/c1-23(2,3)31-22(28)26-20(18-30-32(7,8)24(4,5)6)15-12-16-25(26)21(27)29-17-19-13-10-9-11-14-19/h9-11,13-14,20H,12,15-18H2,1-8H3/t20-/m1/s1. The number of hydrogen-bond acceptors (Lipinski definition) is 5. The lowest BCUT2D eigenvalue weighted by Crippen LogP contribution is -2.60. The summed E-state index contributed by atoms with van der Waals surface area (Å²) in [6.45, 7) is 17.2. The van der Waals surface area contributed by atoms with E-state index in [1.807, 2.05) is 51.1 Å². The first kappa shape index (κ1) is 26.2. The molecule has 2 amide bonds. The number of benzene rings is 1. The quantitative estimate of drug-likeness (QED) is 0.503. The third-order valence-corrected chi connectivity index (χ3v) is 10.5. The van der Waals surface area contributed by atoms with Crippen molar-refractivity contribution in [1.82, 2.24) is 10.0 Å². The van der Waals surface area contributed by atoms with Gasteiger partial charge in [-0.15, -0.1) is 0 Å². The largest absolute Gasteiger partial charge is 0.443 e. The fraction of sp³-hybridized carbons (Fsp3) is 0.667. The minimum Gasteiger partial charge on any atom is -0.443 e. The lowest BCUT2D eigenvalue weighted by Gasteiger charge is -2.45. The summed E-state index contributed by atoms with van der Waals surface area (Å²) in [4.78, 5) is 26.1. The Kier molecular flexibility index (Phi) is 8.39. The van der Waals surface area contributed by atoms with Crippen LogP contribution < -0.4 is 0 Å². The van der Waals surface area contributed by atoms with Crippen LogP contribution in [0, 0.1) is 0 Å². The summed E-state index contributed by atoms with van der Waals surface area (Å²) in [6, 6.07) is 9.19. The first-order valence-corrected chi connectivity index (χ1v) is 14.3. The first-order valence-electron chi connectivity index (χ1n) is 11.4. The van der Waals surface area contributed by atoms with Gasteiger partial charge >= 0.3 is 12.2 Å². The van der Waals surface area contributed by atoms with Crippen molar-refractivity contribution in [3.63, 3.8) is 0 Å². The van der Waals surface area contributed by atoms with E-state index in [1.165, 1.54) is 10.0 Å². The summed E-state index contributed by atoms with van der Waals surface area (Å²) in [7, 11) is -2.02. The molecule has 32 heavy (non-hydrogen) atoms. The smallest absolute Gasteiger partial charge is 0.429 e. The zero-order valence-electron chi connectivity index (χ0n) is 20.9. The zero-order valence-corrected chi connectivity index (χ0v) is 21.9. The van der Waals surface area contributed by atoms with Gasteiger partial charge in [-0.25, -0.2) is 19.6 Å². The van der Waals surface area contributed by atoms with Crippen LogP contribution in [0.2, 0.25) is 18.1 Å². The van der Waals surface area contributed by atoms with Gasteiger partial charge in [-0.3, -0.25) is 0 Å². The average Bonchev–Trinajstić information content (AvgIpc) is 2.68. The lowest BCUT2D eigenvalue weighted by molar-refractivity contribution is -0.0916. The van der Waals surface area contributed by atoms with Crippen LogP contribution >= 0.6 is 0 Å². The maximum absolute atomic E-state index is 13.1. The van der Waals surface area contributed by atoms with E-state index in [9.17, 15) is 9.59 Å². The molecule has 0 bridgehead atoms. The van der Waals surface area contributed by atoms with Crippen molar-refractivity contribution < 1.29 is 23.5 Å². The van der Waals surface area contributed by atoms with Crippen molar-refractivity contribution in [2.24, 2.45) is 0 Å². The SMILES string of the molecule is CC(C)(C)OC(=O)N1[C@@H](CO[Si](C)(C)C(C)(C)C)CCCN1C(=O)OCc1ccccc1. The van der Waals surface area contributed by atoms with Crippen LogP contribution in [-0.4, -0.2) is 55.3 Å². The predicted octanol–water partition coefficient (Wildman–Crippen LogP) is 5.96. The molecule has 1 aromatic rings. The minimum absolute atomic E-state index is 0.0483. The lowest BCUT2D eigenvalue weighted by atomic mass is 10.1. The van der Waals surface area contributed by atoms with Crippen LogP contribution in [0.25, 0.3) is 0 Å². The summed E-state index contributed by atoms with van der Waals surface area (Å²) in [5, 5.41) is 2.84. The van der Waals surface area contributed by atoms with Gasteiger partial charge in [-0.2, -0.15) is 0 Å².